The predicted octanol–water partition coefficient (Wildman–Crippen LogP) is 8.21. The SMILES string of the molecule is Cn1c2ccccc2c2ccc(Cc3ccc4c5c(ccc6c7ccccc7n(C)c65)n(C)c4c3)cc21. The lowest BCUT2D eigenvalue weighted by molar-refractivity contribution is 1.01. The molecule has 3 heterocycles. The molecule has 178 valence electrons. The first kappa shape index (κ1) is 20.7. The monoisotopic (exact) mass is 477 g/mol. The standard InChI is InChI=1S/C34H27N3/c1-35-28-10-6-4-8-23(28)25-14-12-21(19-31(25)35)18-22-13-15-27-32(20-22)36(2)30-17-16-26-24-9-5-7-11-29(24)37(3)34(26)33(27)30/h4-17,19-20H,18H2,1-3H3. The van der Waals surface area contributed by atoms with Gasteiger partial charge < -0.3 is 13.7 Å². The molecule has 0 atom stereocenters. The molecule has 0 saturated carbocycles. The van der Waals surface area contributed by atoms with Crippen LogP contribution in [0, 0.1) is 0 Å². The van der Waals surface area contributed by atoms with Crippen LogP contribution in [0.5, 0.6) is 0 Å². The Morgan fingerprint density at radius 3 is 1.68 bits per heavy atom. The van der Waals surface area contributed by atoms with Crippen molar-refractivity contribution in [3.05, 3.63) is 108 Å². The first-order chi connectivity index (χ1) is 18.1. The molecule has 8 rings (SSSR count). The van der Waals surface area contributed by atoms with E-state index in [1.807, 2.05) is 0 Å². The molecule has 3 aromatic heterocycles. The van der Waals surface area contributed by atoms with Crippen molar-refractivity contribution < 1.29 is 0 Å². The lowest BCUT2D eigenvalue weighted by Gasteiger charge is -2.06. The van der Waals surface area contributed by atoms with Gasteiger partial charge in [0.2, 0.25) is 0 Å². The summed E-state index contributed by atoms with van der Waals surface area (Å²) in [7, 11) is 6.56. The lowest BCUT2D eigenvalue weighted by atomic mass is 10.0. The maximum Gasteiger partial charge on any atom is 0.0590 e. The minimum Gasteiger partial charge on any atom is -0.344 e. The molecule has 0 aliphatic rings. The molecular weight excluding hydrogens is 450 g/mol. The maximum absolute atomic E-state index is 2.38. The van der Waals surface area contributed by atoms with Gasteiger partial charge in [-0.15, -0.1) is 0 Å². The Morgan fingerprint density at radius 2 is 0.946 bits per heavy atom. The Balaban J connectivity index is 1.30. The molecule has 0 aliphatic carbocycles. The van der Waals surface area contributed by atoms with Crippen molar-refractivity contribution in [3.63, 3.8) is 0 Å². The molecule has 0 aliphatic heterocycles. The fraction of sp³-hybridized carbons (Fsp3) is 0.118. The smallest absolute Gasteiger partial charge is 0.0590 e. The van der Waals surface area contributed by atoms with Crippen molar-refractivity contribution >= 4 is 65.4 Å². The van der Waals surface area contributed by atoms with E-state index in [0.717, 1.165) is 6.42 Å². The molecule has 0 fully saturated rings. The van der Waals surface area contributed by atoms with E-state index in [0.29, 0.717) is 0 Å². The highest BCUT2D eigenvalue weighted by molar-refractivity contribution is 6.25. The number of fused-ring (bicyclic) bond motifs is 10. The second kappa shape index (κ2) is 7.27. The number of nitrogens with zero attached hydrogens (tertiary/aromatic N) is 3. The van der Waals surface area contributed by atoms with E-state index >= 15 is 0 Å². The third-order valence-corrected chi connectivity index (χ3v) is 8.49. The summed E-state index contributed by atoms with van der Waals surface area (Å²) < 4.78 is 7.04. The van der Waals surface area contributed by atoms with Gasteiger partial charge in [0.05, 0.1) is 11.0 Å². The molecule has 37 heavy (non-hydrogen) atoms. The van der Waals surface area contributed by atoms with Crippen molar-refractivity contribution in [1.82, 2.24) is 13.7 Å². The number of hydrogen-bond acceptors (Lipinski definition) is 0. The summed E-state index contributed by atoms with van der Waals surface area (Å²) in [6, 6.07) is 35.9. The van der Waals surface area contributed by atoms with Gasteiger partial charge in [0.15, 0.2) is 0 Å². The molecule has 0 amide bonds. The number of aryl methyl sites for hydroxylation is 3. The van der Waals surface area contributed by atoms with Crippen LogP contribution in [-0.4, -0.2) is 13.7 Å². The van der Waals surface area contributed by atoms with Crippen LogP contribution in [0.1, 0.15) is 11.1 Å². The normalized spacial score (nSPS) is 12.3. The van der Waals surface area contributed by atoms with Gasteiger partial charge in [0.1, 0.15) is 0 Å². The highest BCUT2D eigenvalue weighted by atomic mass is 15.0. The lowest BCUT2D eigenvalue weighted by Crippen LogP contribution is -1.92. The highest BCUT2D eigenvalue weighted by Crippen LogP contribution is 2.39. The molecule has 0 radical (unpaired) electrons. The average molecular weight is 478 g/mol. The second-order valence-electron chi connectivity index (χ2n) is 10.4. The van der Waals surface area contributed by atoms with Crippen LogP contribution in [0.15, 0.2) is 97.1 Å². The van der Waals surface area contributed by atoms with Gasteiger partial charge in [-0.25, -0.2) is 0 Å². The van der Waals surface area contributed by atoms with Gasteiger partial charge in [-0.1, -0.05) is 66.7 Å². The van der Waals surface area contributed by atoms with Gasteiger partial charge in [0.25, 0.3) is 0 Å². The summed E-state index contributed by atoms with van der Waals surface area (Å²) in [5.74, 6) is 0. The summed E-state index contributed by atoms with van der Waals surface area (Å²) in [6.07, 6.45) is 0.915. The Morgan fingerprint density at radius 1 is 0.432 bits per heavy atom. The molecule has 0 bridgehead atoms. The van der Waals surface area contributed by atoms with E-state index in [1.54, 1.807) is 0 Å². The Labute approximate surface area is 214 Å². The molecule has 0 saturated heterocycles. The van der Waals surface area contributed by atoms with E-state index in [9.17, 15) is 0 Å². The number of aromatic nitrogens is 3. The van der Waals surface area contributed by atoms with E-state index in [2.05, 4.69) is 132 Å². The van der Waals surface area contributed by atoms with Gasteiger partial charge >= 0.3 is 0 Å². The van der Waals surface area contributed by atoms with Gasteiger partial charge in [0, 0.05) is 75.5 Å². The summed E-state index contributed by atoms with van der Waals surface area (Å²) in [4.78, 5) is 0. The largest absolute Gasteiger partial charge is 0.344 e. The second-order valence-corrected chi connectivity index (χ2v) is 10.4. The molecule has 0 unspecified atom stereocenters. The van der Waals surface area contributed by atoms with Crippen molar-refractivity contribution in [2.45, 2.75) is 6.42 Å². The first-order valence-corrected chi connectivity index (χ1v) is 12.9. The maximum atomic E-state index is 2.38. The van der Waals surface area contributed by atoms with Crippen molar-refractivity contribution in [2.24, 2.45) is 21.1 Å². The molecule has 5 aromatic carbocycles. The fourth-order valence-corrected chi connectivity index (χ4v) is 6.66. The summed E-state index contributed by atoms with van der Waals surface area (Å²) in [5, 5.41) is 7.96. The summed E-state index contributed by atoms with van der Waals surface area (Å²) in [6.45, 7) is 0. The number of benzene rings is 5. The highest BCUT2D eigenvalue weighted by Gasteiger charge is 2.17. The third-order valence-electron chi connectivity index (χ3n) is 8.49. The third kappa shape index (κ3) is 2.71. The number of para-hydroxylation sites is 2. The van der Waals surface area contributed by atoms with Crippen molar-refractivity contribution in [1.29, 1.82) is 0 Å². The van der Waals surface area contributed by atoms with Crippen LogP contribution in [0.3, 0.4) is 0 Å². The van der Waals surface area contributed by atoms with Crippen molar-refractivity contribution in [3.8, 4) is 0 Å². The van der Waals surface area contributed by atoms with Crippen LogP contribution >= 0.6 is 0 Å². The molecule has 0 N–H and O–H groups in total. The molecule has 0 spiro atoms. The number of hydrogen-bond donors (Lipinski definition) is 0. The van der Waals surface area contributed by atoms with E-state index in [-0.39, 0.29) is 0 Å². The van der Waals surface area contributed by atoms with E-state index < -0.39 is 0 Å². The molecule has 3 heteroatoms. The fourth-order valence-electron chi connectivity index (χ4n) is 6.66. The van der Waals surface area contributed by atoms with E-state index in [1.165, 1.54) is 76.5 Å². The Hall–Kier alpha value is -4.50. The average Bonchev–Trinajstić information content (AvgIpc) is 3.50. The van der Waals surface area contributed by atoms with E-state index in [4.69, 9.17) is 0 Å². The Kier molecular flexibility index (Phi) is 4.06. The van der Waals surface area contributed by atoms with Gasteiger partial charge in [-0.3, -0.25) is 0 Å². The zero-order chi connectivity index (χ0) is 24.8. The zero-order valence-electron chi connectivity index (χ0n) is 21.3. The van der Waals surface area contributed by atoms with Gasteiger partial charge in [-0.2, -0.15) is 0 Å². The van der Waals surface area contributed by atoms with Crippen LogP contribution in [0.4, 0.5) is 0 Å². The molecule has 8 aromatic rings. The first-order valence-electron chi connectivity index (χ1n) is 12.9. The van der Waals surface area contributed by atoms with Crippen LogP contribution in [0.25, 0.3) is 65.4 Å². The number of rotatable bonds is 2. The molecular formula is C34H27N3. The zero-order valence-corrected chi connectivity index (χ0v) is 21.3. The minimum absolute atomic E-state index is 0.915. The van der Waals surface area contributed by atoms with Crippen molar-refractivity contribution in [2.75, 3.05) is 0 Å². The van der Waals surface area contributed by atoms with Crippen LogP contribution in [-0.2, 0) is 27.6 Å². The van der Waals surface area contributed by atoms with Crippen LogP contribution < -0.4 is 0 Å². The topological polar surface area (TPSA) is 14.8 Å². The minimum atomic E-state index is 0.915. The quantitative estimate of drug-likeness (QED) is 0.238. The van der Waals surface area contributed by atoms with Gasteiger partial charge in [-0.05, 0) is 47.9 Å². The summed E-state index contributed by atoms with van der Waals surface area (Å²) in [5.41, 5.74) is 10.4. The predicted molar refractivity (Wildman–Crippen MR) is 158 cm³/mol. The summed E-state index contributed by atoms with van der Waals surface area (Å²) >= 11 is 0. The Bertz CT molecular complexity index is 2200. The molecule has 3 nitrogen and oxygen atoms in total. The van der Waals surface area contributed by atoms with Crippen LogP contribution in [0.2, 0.25) is 0 Å².